The highest BCUT2D eigenvalue weighted by atomic mass is 19.1. The summed E-state index contributed by atoms with van der Waals surface area (Å²) in [6.07, 6.45) is 6.98. The van der Waals surface area contributed by atoms with Crippen molar-refractivity contribution >= 4 is 0 Å². The van der Waals surface area contributed by atoms with E-state index in [0.29, 0.717) is 18.1 Å². The van der Waals surface area contributed by atoms with Crippen molar-refractivity contribution in [1.29, 1.82) is 0 Å². The Kier molecular flexibility index (Phi) is 1.88. The van der Waals surface area contributed by atoms with Crippen molar-refractivity contribution in [2.45, 2.75) is 38.2 Å². The van der Waals surface area contributed by atoms with Crippen LogP contribution in [0.4, 0.5) is 4.39 Å². The fourth-order valence-corrected chi connectivity index (χ4v) is 2.32. The Labute approximate surface area is 66.9 Å². The number of hydrogen-bond donors (Lipinski definition) is 0. The van der Waals surface area contributed by atoms with Gasteiger partial charge in [0, 0.05) is 0 Å². The Morgan fingerprint density at radius 3 is 2.55 bits per heavy atom. The lowest BCUT2D eigenvalue weighted by atomic mass is 9.55. The van der Waals surface area contributed by atoms with Crippen LogP contribution in [0, 0.1) is 5.41 Å². The van der Waals surface area contributed by atoms with E-state index in [1.165, 1.54) is 32.1 Å². The smallest absolute Gasteiger partial charge is 0.113 e. The molecular weight excluding hydrogens is 143 g/mol. The van der Waals surface area contributed by atoms with Crippen LogP contribution in [0.2, 0.25) is 0 Å². The van der Waals surface area contributed by atoms with Crippen LogP contribution < -0.4 is 0 Å². The van der Waals surface area contributed by atoms with Crippen LogP contribution in [0.1, 0.15) is 32.1 Å². The lowest BCUT2D eigenvalue weighted by Gasteiger charge is -2.53. The van der Waals surface area contributed by atoms with Gasteiger partial charge in [0.05, 0.1) is 12.7 Å². The van der Waals surface area contributed by atoms with Crippen LogP contribution in [-0.2, 0) is 4.74 Å². The van der Waals surface area contributed by atoms with Gasteiger partial charge in [0.15, 0.2) is 0 Å². The highest BCUT2D eigenvalue weighted by Crippen LogP contribution is 2.56. The van der Waals surface area contributed by atoms with Gasteiger partial charge >= 0.3 is 0 Å². The minimum absolute atomic E-state index is 0.306. The molecule has 0 bridgehead atoms. The first-order valence-electron chi connectivity index (χ1n) is 4.52. The molecule has 2 rings (SSSR count). The van der Waals surface area contributed by atoms with Crippen molar-refractivity contribution in [1.82, 2.24) is 0 Å². The summed E-state index contributed by atoms with van der Waals surface area (Å²) in [7, 11) is 0. The molecule has 2 fully saturated rings. The molecule has 2 saturated carbocycles. The summed E-state index contributed by atoms with van der Waals surface area (Å²) < 4.78 is 17.0. The minimum atomic E-state index is -0.330. The molecule has 1 spiro atoms. The number of ether oxygens (including phenoxy) is 1. The average Bonchev–Trinajstić information content (AvgIpc) is 1.81. The monoisotopic (exact) mass is 158 g/mol. The predicted molar refractivity (Wildman–Crippen MR) is 41.2 cm³/mol. The van der Waals surface area contributed by atoms with Crippen molar-refractivity contribution in [3.8, 4) is 0 Å². The van der Waals surface area contributed by atoms with E-state index >= 15 is 0 Å². The molecule has 0 aliphatic heterocycles. The molecule has 0 saturated heterocycles. The maximum Gasteiger partial charge on any atom is 0.113 e. The van der Waals surface area contributed by atoms with E-state index in [0.717, 1.165) is 0 Å². The highest BCUT2D eigenvalue weighted by molar-refractivity contribution is 4.99. The van der Waals surface area contributed by atoms with Crippen molar-refractivity contribution in [2.24, 2.45) is 5.41 Å². The molecule has 2 heteroatoms. The molecular formula is C9H15FO. The molecule has 0 atom stereocenters. The summed E-state index contributed by atoms with van der Waals surface area (Å²) >= 11 is 0. The van der Waals surface area contributed by atoms with Crippen LogP contribution in [0.25, 0.3) is 0 Å². The fourth-order valence-electron chi connectivity index (χ4n) is 2.32. The molecule has 0 aromatic heterocycles. The van der Waals surface area contributed by atoms with E-state index in [1.807, 2.05) is 0 Å². The van der Waals surface area contributed by atoms with E-state index < -0.39 is 0 Å². The lowest BCUT2D eigenvalue weighted by molar-refractivity contribution is -0.118. The molecule has 0 aromatic carbocycles. The fraction of sp³-hybridized carbons (Fsp3) is 1.00. The first kappa shape index (κ1) is 7.53. The maximum atomic E-state index is 11.7. The number of halogens is 1. The van der Waals surface area contributed by atoms with Gasteiger partial charge in [-0.05, 0) is 31.1 Å². The second-order valence-electron chi connectivity index (χ2n) is 3.94. The zero-order chi connectivity index (χ0) is 7.73. The molecule has 0 N–H and O–H groups in total. The summed E-state index contributed by atoms with van der Waals surface area (Å²) in [5.41, 5.74) is 0.668. The van der Waals surface area contributed by atoms with Gasteiger partial charge in [0.1, 0.15) is 6.67 Å². The van der Waals surface area contributed by atoms with Gasteiger partial charge in [-0.2, -0.15) is 0 Å². The molecule has 1 nitrogen and oxygen atoms in total. The molecule has 64 valence electrons. The molecule has 2 aliphatic rings. The normalized spacial score (nSPS) is 28.1. The third-order valence-corrected chi connectivity index (χ3v) is 3.17. The first-order chi connectivity index (χ1) is 5.35. The van der Waals surface area contributed by atoms with E-state index in [-0.39, 0.29) is 6.67 Å². The Hall–Kier alpha value is -0.110. The zero-order valence-corrected chi connectivity index (χ0v) is 6.81. The van der Waals surface area contributed by atoms with Gasteiger partial charge in [0.2, 0.25) is 0 Å². The second kappa shape index (κ2) is 2.74. The Morgan fingerprint density at radius 2 is 2.09 bits per heavy atom. The second-order valence-corrected chi connectivity index (χ2v) is 3.94. The van der Waals surface area contributed by atoms with Crippen molar-refractivity contribution in [3.05, 3.63) is 0 Å². The first-order valence-corrected chi connectivity index (χ1v) is 4.52. The van der Waals surface area contributed by atoms with E-state index in [4.69, 9.17) is 4.74 Å². The van der Waals surface area contributed by atoms with Crippen LogP contribution in [0.3, 0.4) is 0 Å². The van der Waals surface area contributed by atoms with Gasteiger partial charge in [-0.3, -0.25) is 0 Å². The van der Waals surface area contributed by atoms with E-state index in [1.54, 1.807) is 0 Å². The number of rotatable bonds is 3. The molecule has 0 heterocycles. The SMILES string of the molecule is FCCOC1CC2(CCC2)C1. The summed E-state index contributed by atoms with van der Waals surface area (Å²) in [6, 6.07) is 0. The molecule has 11 heavy (non-hydrogen) atoms. The predicted octanol–water partition coefficient (Wildman–Crippen LogP) is 2.31. The number of alkyl halides is 1. The molecule has 2 aliphatic carbocycles. The van der Waals surface area contributed by atoms with E-state index in [2.05, 4.69) is 0 Å². The summed E-state index contributed by atoms with van der Waals surface area (Å²) in [6.45, 7) is -0.0236. The highest BCUT2D eigenvalue weighted by Gasteiger charge is 2.48. The molecule has 0 amide bonds. The number of hydrogen-bond acceptors (Lipinski definition) is 1. The van der Waals surface area contributed by atoms with Crippen LogP contribution in [0.5, 0.6) is 0 Å². The molecule has 0 unspecified atom stereocenters. The van der Waals surface area contributed by atoms with Gasteiger partial charge in [-0.1, -0.05) is 6.42 Å². The Balaban J connectivity index is 1.63. The van der Waals surface area contributed by atoms with Crippen molar-refractivity contribution in [3.63, 3.8) is 0 Å². The van der Waals surface area contributed by atoms with Gasteiger partial charge in [0.25, 0.3) is 0 Å². The lowest BCUT2D eigenvalue weighted by Crippen LogP contribution is -2.47. The van der Waals surface area contributed by atoms with Gasteiger partial charge < -0.3 is 4.74 Å². The van der Waals surface area contributed by atoms with Crippen LogP contribution in [-0.4, -0.2) is 19.4 Å². The Morgan fingerprint density at radius 1 is 1.36 bits per heavy atom. The average molecular weight is 158 g/mol. The quantitative estimate of drug-likeness (QED) is 0.612. The summed E-state index contributed by atoms with van der Waals surface area (Å²) in [5, 5.41) is 0. The topological polar surface area (TPSA) is 9.23 Å². The third kappa shape index (κ3) is 1.28. The standard InChI is InChI=1S/C9H15FO/c10-4-5-11-8-6-9(7-8)2-1-3-9/h8H,1-7H2. The molecule has 0 radical (unpaired) electrons. The minimum Gasteiger partial charge on any atom is -0.375 e. The van der Waals surface area contributed by atoms with E-state index in [9.17, 15) is 4.39 Å². The van der Waals surface area contributed by atoms with Crippen molar-refractivity contribution < 1.29 is 9.13 Å². The van der Waals surface area contributed by atoms with Gasteiger partial charge in [-0.15, -0.1) is 0 Å². The largest absolute Gasteiger partial charge is 0.375 e. The van der Waals surface area contributed by atoms with Crippen molar-refractivity contribution in [2.75, 3.05) is 13.3 Å². The maximum absolute atomic E-state index is 11.7. The van der Waals surface area contributed by atoms with Gasteiger partial charge in [-0.25, -0.2) is 4.39 Å². The molecule has 0 aromatic rings. The van der Waals surface area contributed by atoms with Crippen LogP contribution in [0.15, 0.2) is 0 Å². The Bertz CT molecular complexity index is 134. The zero-order valence-electron chi connectivity index (χ0n) is 6.81. The summed E-state index contributed by atoms with van der Waals surface area (Å²) in [4.78, 5) is 0. The third-order valence-electron chi connectivity index (χ3n) is 3.17. The van der Waals surface area contributed by atoms with Crippen LogP contribution >= 0.6 is 0 Å². The summed E-state index contributed by atoms with van der Waals surface area (Å²) in [5.74, 6) is 0.